The largest absolute Gasteiger partial charge is 0.497 e. The first-order chi connectivity index (χ1) is 12.6. The zero-order valence-corrected chi connectivity index (χ0v) is 14.4. The topological polar surface area (TPSA) is 74.6 Å². The molecule has 1 aliphatic rings. The lowest BCUT2D eigenvalue weighted by molar-refractivity contribution is 0.102. The normalized spacial score (nSPS) is 12.1. The second-order valence-corrected chi connectivity index (χ2v) is 5.79. The fourth-order valence-corrected chi connectivity index (χ4v) is 2.77. The molecule has 0 aliphatic carbocycles. The third kappa shape index (κ3) is 2.95. The molecule has 0 spiro atoms. The minimum Gasteiger partial charge on any atom is -0.497 e. The summed E-state index contributed by atoms with van der Waals surface area (Å²) in [7, 11) is 3.39. The van der Waals surface area contributed by atoms with E-state index >= 15 is 0 Å². The van der Waals surface area contributed by atoms with Crippen LogP contribution in [-0.2, 0) is 7.05 Å². The van der Waals surface area contributed by atoms with Crippen molar-refractivity contribution < 1.29 is 19.0 Å². The molecule has 0 atom stereocenters. The summed E-state index contributed by atoms with van der Waals surface area (Å²) in [6, 6.07) is 14.5. The van der Waals surface area contributed by atoms with Gasteiger partial charge < -0.3 is 19.5 Å². The summed E-state index contributed by atoms with van der Waals surface area (Å²) in [5.74, 6) is 1.85. The number of hydrogen-bond donors (Lipinski definition) is 1. The highest BCUT2D eigenvalue weighted by Crippen LogP contribution is 2.35. The summed E-state index contributed by atoms with van der Waals surface area (Å²) >= 11 is 0. The molecule has 0 saturated carbocycles. The molecule has 1 aliphatic heterocycles. The van der Waals surface area contributed by atoms with Crippen molar-refractivity contribution in [2.45, 2.75) is 0 Å². The SMILES string of the molecule is COc1ccc(NC(=O)c2cc(-c3ccc4c(c3)OCO4)n(C)n2)cc1. The van der Waals surface area contributed by atoms with E-state index in [9.17, 15) is 4.79 Å². The second-order valence-electron chi connectivity index (χ2n) is 5.79. The smallest absolute Gasteiger partial charge is 0.276 e. The maximum Gasteiger partial charge on any atom is 0.276 e. The van der Waals surface area contributed by atoms with E-state index in [4.69, 9.17) is 14.2 Å². The molecule has 0 fully saturated rings. The number of rotatable bonds is 4. The molecule has 7 heteroatoms. The molecule has 0 radical (unpaired) electrons. The first-order valence-corrected chi connectivity index (χ1v) is 8.03. The Bertz CT molecular complexity index is 963. The Kier molecular flexibility index (Phi) is 3.96. The molecule has 0 unspecified atom stereocenters. The predicted molar refractivity (Wildman–Crippen MR) is 95.7 cm³/mol. The summed E-state index contributed by atoms with van der Waals surface area (Å²) in [4.78, 5) is 12.5. The second kappa shape index (κ2) is 6.44. The van der Waals surface area contributed by atoms with Crippen LogP contribution < -0.4 is 19.5 Å². The number of benzene rings is 2. The van der Waals surface area contributed by atoms with Crippen molar-refractivity contribution in [3.63, 3.8) is 0 Å². The summed E-state index contributed by atoms with van der Waals surface area (Å²) < 4.78 is 17.5. The van der Waals surface area contributed by atoms with Crippen molar-refractivity contribution in [3.8, 4) is 28.5 Å². The molecular weight excluding hydrogens is 334 g/mol. The van der Waals surface area contributed by atoms with E-state index in [2.05, 4.69) is 10.4 Å². The van der Waals surface area contributed by atoms with E-state index in [1.165, 1.54) is 0 Å². The highest BCUT2D eigenvalue weighted by molar-refractivity contribution is 6.03. The number of ether oxygens (including phenoxy) is 3. The summed E-state index contributed by atoms with van der Waals surface area (Å²) in [6.45, 7) is 0.222. The maximum atomic E-state index is 12.5. The number of hydrogen-bond acceptors (Lipinski definition) is 5. The van der Waals surface area contributed by atoms with Crippen LogP contribution in [0.3, 0.4) is 0 Å². The molecule has 1 aromatic heterocycles. The number of aromatic nitrogens is 2. The van der Waals surface area contributed by atoms with Crippen LogP contribution in [0.5, 0.6) is 17.2 Å². The van der Waals surface area contributed by atoms with Crippen LogP contribution in [-0.4, -0.2) is 29.6 Å². The molecule has 2 heterocycles. The third-order valence-corrected chi connectivity index (χ3v) is 4.13. The van der Waals surface area contributed by atoms with Crippen molar-refractivity contribution in [3.05, 3.63) is 54.2 Å². The van der Waals surface area contributed by atoms with Crippen molar-refractivity contribution in [2.24, 2.45) is 7.05 Å². The number of nitrogens with one attached hydrogen (secondary N) is 1. The van der Waals surface area contributed by atoms with Gasteiger partial charge in [-0.05, 0) is 48.5 Å². The first kappa shape index (κ1) is 16.0. The van der Waals surface area contributed by atoms with Crippen LogP contribution in [0.4, 0.5) is 5.69 Å². The van der Waals surface area contributed by atoms with Crippen LogP contribution >= 0.6 is 0 Å². The van der Waals surface area contributed by atoms with E-state index in [0.717, 1.165) is 17.0 Å². The van der Waals surface area contributed by atoms with Gasteiger partial charge in [-0.1, -0.05) is 0 Å². The lowest BCUT2D eigenvalue weighted by Crippen LogP contribution is -2.12. The van der Waals surface area contributed by atoms with Gasteiger partial charge >= 0.3 is 0 Å². The van der Waals surface area contributed by atoms with Crippen LogP contribution in [0.25, 0.3) is 11.3 Å². The van der Waals surface area contributed by atoms with Crippen LogP contribution in [0.1, 0.15) is 10.5 Å². The molecule has 4 rings (SSSR count). The Morgan fingerprint density at radius 1 is 1.12 bits per heavy atom. The van der Waals surface area contributed by atoms with Crippen LogP contribution in [0, 0.1) is 0 Å². The van der Waals surface area contributed by atoms with Gasteiger partial charge in [0.25, 0.3) is 5.91 Å². The average molecular weight is 351 g/mol. The molecule has 3 aromatic rings. The number of aryl methyl sites for hydroxylation is 1. The lowest BCUT2D eigenvalue weighted by atomic mass is 10.1. The fourth-order valence-electron chi connectivity index (χ4n) is 2.77. The molecule has 1 amide bonds. The molecular formula is C19H17N3O4. The Labute approximate surface area is 150 Å². The quantitative estimate of drug-likeness (QED) is 0.782. The highest BCUT2D eigenvalue weighted by atomic mass is 16.7. The van der Waals surface area contributed by atoms with Crippen LogP contribution in [0.15, 0.2) is 48.5 Å². The Hall–Kier alpha value is -3.48. The number of nitrogens with zero attached hydrogens (tertiary/aromatic N) is 2. The Morgan fingerprint density at radius 2 is 1.88 bits per heavy atom. The first-order valence-electron chi connectivity index (χ1n) is 8.03. The van der Waals surface area contributed by atoms with Gasteiger partial charge in [-0.2, -0.15) is 5.10 Å². The summed E-state index contributed by atoms with van der Waals surface area (Å²) in [5.41, 5.74) is 2.71. The highest BCUT2D eigenvalue weighted by Gasteiger charge is 2.18. The molecule has 0 saturated heterocycles. The lowest BCUT2D eigenvalue weighted by Gasteiger charge is -2.04. The van der Waals surface area contributed by atoms with Gasteiger partial charge in [0.05, 0.1) is 12.8 Å². The number of carbonyl (C=O) groups excluding carboxylic acids is 1. The number of methoxy groups -OCH3 is 1. The Balaban J connectivity index is 1.56. The summed E-state index contributed by atoms with van der Waals surface area (Å²) in [5, 5.41) is 7.15. The van der Waals surface area contributed by atoms with Gasteiger partial charge in [-0.25, -0.2) is 0 Å². The predicted octanol–water partition coefficient (Wildman–Crippen LogP) is 3.08. The average Bonchev–Trinajstić information content (AvgIpc) is 3.28. The fraction of sp³-hybridized carbons (Fsp3) is 0.158. The molecule has 7 nitrogen and oxygen atoms in total. The van der Waals surface area contributed by atoms with Gasteiger partial charge in [0, 0.05) is 18.3 Å². The minimum atomic E-state index is -0.280. The number of carbonyl (C=O) groups is 1. The van der Waals surface area contributed by atoms with Gasteiger partial charge in [0.1, 0.15) is 5.75 Å². The third-order valence-electron chi connectivity index (χ3n) is 4.13. The minimum absolute atomic E-state index is 0.222. The molecule has 132 valence electrons. The maximum absolute atomic E-state index is 12.5. The monoisotopic (exact) mass is 351 g/mol. The molecule has 2 aromatic carbocycles. The van der Waals surface area contributed by atoms with Gasteiger partial charge in [-0.3, -0.25) is 9.48 Å². The van der Waals surface area contributed by atoms with E-state index in [1.54, 1.807) is 49.2 Å². The molecule has 26 heavy (non-hydrogen) atoms. The van der Waals surface area contributed by atoms with Gasteiger partial charge in [-0.15, -0.1) is 0 Å². The van der Waals surface area contributed by atoms with Crippen molar-refractivity contribution in [1.29, 1.82) is 0 Å². The zero-order chi connectivity index (χ0) is 18.1. The van der Waals surface area contributed by atoms with Crippen LogP contribution in [0.2, 0.25) is 0 Å². The van der Waals surface area contributed by atoms with Gasteiger partial charge in [0.2, 0.25) is 6.79 Å². The molecule has 0 bridgehead atoms. The zero-order valence-electron chi connectivity index (χ0n) is 14.4. The van der Waals surface area contributed by atoms with Crippen molar-refractivity contribution >= 4 is 11.6 Å². The number of anilines is 1. The van der Waals surface area contributed by atoms with Crippen molar-refractivity contribution in [2.75, 3.05) is 19.2 Å². The number of fused-ring (bicyclic) bond motifs is 1. The number of amides is 1. The van der Waals surface area contributed by atoms with Gasteiger partial charge in [0.15, 0.2) is 17.2 Å². The standard InChI is InChI=1S/C19H17N3O4/c1-22-16(12-3-8-17-18(9-12)26-11-25-17)10-15(21-22)19(23)20-13-4-6-14(24-2)7-5-13/h3-10H,11H2,1-2H3,(H,20,23). The van der Waals surface area contributed by atoms with Crippen molar-refractivity contribution in [1.82, 2.24) is 9.78 Å². The van der Waals surface area contributed by atoms with E-state index < -0.39 is 0 Å². The van der Waals surface area contributed by atoms with E-state index in [0.29, 0.717) is 22.9 Å². The Morgan fingerprint density at radius 3 is 2.65 bits per heavy atom. The summed E-state index contributed by atoms with van der Waals surface area (Å²) in [6.07, 6.45) is 0. The van der Waals surface area contributed by atoms with E-state index in [-0.39, 0.29) is 12.7 Å². The molecule has 1 N–H and O–H groups in total. The van der Waals surface area contributed by atoms with E-state index in [1.807, 2.05) is 18.2 Å².